The number of ether oxygens (including phenoxy) is 1. The SMILES string of the molecule is C[C@@H](N)C(=O)Oc1ccc2c(=O)c(-c3ccc4ccccc4n3)coc2c1. The zero-order chi connectivity index (χ0) is 19.0. The molecule has 0 amide bonds. The summed E-state index contributed by atoms with van der Waals surface area (Å²) in [6.45, 7) is 1.53. The van der Waals surface area contributed by atoms with Gasteiger partial charge in [-0.25, -0.2) is 9.78 Å². The highest BCUT2D eigenvalue weighted by atomic mass is 16.5. The lowest BCUT2D eigenvalue weighted by molar-refractivity contribution is -0.135. The summed E-state index contributed by atoms with van der Waals surface area (Å²) in [5.74, 6) is -0.293. The van der Waals surface area contributed by atoms with Crippen molar-refractivity contribution in [2.75, 3.05) is 0 Å². The average molecular weight is 360 g/mol. The third-order valence-electron chi connectivity index (χ3n) is 4.21. The van der Waals surface area contributed by atoms with Crippen LogP contribution in [0.4, 0.5) is 0 Å². The fourth-order valence-electron chi connectivity index (χ4n) is 2.77. The van der Waals surface area contributed by atoms with Crippen LogP contribution in [-0.2, 0) is 4.79 Å². The predicted octanol–water partition coefficient (Wildman–Crippen LogP) is 3.26. The first-order chi connectivity index (χ1) is 13.0. The second kappa shape index (κ2) is 6.66. The summed E-state index contributed by atoms with van der Waals surface area (Å²) in [6.07, 6.45) is 1.37. The third kappa shape index (κ3) is 3.18. The summed E-state index contributed by atoms with van der Waals surface area (Å²) in [5.41, 5.74) is 7.31. The number of hydrogen-bond donors (Lipinski definition) is 1. The van der Waals surface area contributed by atoms with Gasteiger partial charge in [-0.1, -0.05) is 24.3 Å². The quantitative estimate of drug-likeness (QED) is 0.445. The highest BCUT2D eigenvalue weighted by molar-refractivity contribution is 5.85. The Morgan fingerprint density at radius 1 is 1.15 bits per heavy atom. The highest BCUT2D eigenvalue weighted by Gasteiger charge is 2.14. The molecule has 1 atom stereocenters. The maximum absolute atomic E-state index is 12.9. The molecule has 2 heterocycles. The number of hydrogen-bond acceptors (Lipinski definition) is 6. The smallest absolute Gasteiger partial charge is 0.328 e. The second-order valence-electron chi connectivity index (χ2n) is 6.24. The molecule has 0 bridgehead atoms. The average Bonchev–Trinajstić information content (AvgIpc) is 2.68. The summed E-state index contributed by atoms with van der Waals surface area (Å²) in [6, 6.07) is 15.2. The van der Waals surface area contributed by atoms with Crippen molar-refractivity contribution >= 4 is 27.8 Å². The van der Waals surface area contributed by atoms with Crippen LogP contribution in [0.1, 0.15) is 6.92 Å². The van der Waals surface area contributed by atoms with Crippen LogP contribution >= 0.6 is 0 Å². The van der Waals surface area contributed by atoms with Gasteiger partial charge in [-0.2, -0.15) is 0 Å². The second-order valence-corrected chi connectivity index (χ2v) is 6.24. The first kappa shape index (κ1) is 16.9. The monoisotopic (exact) mass is 360 g/mol. The lowest BCUT2D eigenvalue weighted by Crippen LogP contribution is -2.30. The number of para-hydroxylation sites is 1. The zero-order valence-electron chi connectivity index (χ0n) is 14.5. The summed E-state index contributed by atoms with van der Waals surface area (Å²) < 4.78 is 10.8. The molecule has 0 aliphatic rings. The van der Waals surface area contributed by atoms with Crippen molar-refractivity contribution in [3.05, 3.63) is 71.1 Å². The highest BCUT2D eigenvalue weighted by Crippen LogP contribution is 2.24. The van der Waals surface area contributed by atoms with Gasteiger partial charge in [0.25, 0.3) is 0 Å². The first-order valence-electron chi connectivity index (χ1n) is 8.42. The number of nitrogens with zero attached hydrogens (tertiary/aromatic N) is 1. The van der Waals surface area contributed by atoms with E-state index in [-0.39, 0.29) is 11.2 Å². The molecule has 6 nitrogen and oxygen atoms in total. The number of carbonyl (C=O) groups is 1. The summed E-state index contributed by atoms with van der Waals surface area (Å²) in [4.78, 5) is 29.0. The van der Waals surface area contributed by atoms with Crippen LogP contribution in [0.3, 0.4) is 0 Å². The molecule has 2 aromatic heterocycles. The number of esters is 1. The van der Waals surface area contributed by atoms with Crippen molar-refractivity contribution in [3.63, 3.8) is 0 Å². The molecule has 0 fully saturated rings. The van der Waals surface area contributed by atoms with E-state index in [0.717, 1.165) is 10.9 Å². The van der Waals surface area contributed by atoms with Gasteiger partial charge in [0.05, 0.1) is 22.2 Å². The Morgan fingerprint density at radius 2 is 1.96 bits per heavy atom. The van der Waals surface area contributed by atoms with E-state index in [4.69, 9.17) is 14.9 Å². The van der Waals surface area contributed by atoms with Gasteiger partial charge in [-0.3, -0.25) is 4.79 Å². The fourth-order valence-corrected chi connectivity index (χ4v) is 2.77. The fraction of sp³-hybridized carbons (Fsp3) is 0.0952. The van der Waals surface area contributed by atoms with Crippen LogP contribution in [0, 0.1) is 0 Å². The predicted molar refractivity (Wildman–Crippen MR) is 103 cm³/mol. The number of aromatic nitrogens is 1. The molecule has 0 unspecified atom stereocenters. The molecule has 27 heavy (non-hydrogen) atoms. The molecule has 2 N–H and O–H groups in total. The largest absolute Gasteiger partial charge is 0.463 e. The molecule has 2 aromatic carbocycles. The van der Waals surface area contributed by atoms with Crippen molar-refractivity contribution in [1.82, 2.24) is 4.98 Å². The minimum atomic E-state index is -0.742. The van der Waals surface area contributed by atoms with Gasteiger partial charge in [-0.15, -0.1) is 0 Å². The Labute approximate surface area is 154 Å². The molecule has 0 aliphatic heterocycles. The Bertz CT molecular complexity index is 1230. The summed E-state index contributed by atoms with van der Waals surface area (Å²) in [7, 11) is 0. The Hall–Kier alpha value is -3.51. The first-order valence-corrected chi connectivity index (χ1v) is 8.42. The molecule has 0 spiro atoms. The van der Waals surface area contributed by atoms with Gasteiger partial charge in [0.15, 0.2) is 0 Å². The molecule has 6 heteroatoms. The van der Waals surface area contributed by atoms with E-state index >= 15 is 0 Å². The van der Waals surface area contributed by atoms with Crippen molar-refractivity contribution in [2.45, 2.75) is 13.0 Å². The molecule has 0 saturated heterocycles. The maximum atomic E-state index is 12.9. The van der Waals surface area contributed by atoms with Crippen molar-refractivity contribution in [2.24, 2.45) is 5.73 Å². The maximum Gasteiger partial charge on any atom is 0.328 e. The Balaban J connectivity index is 1.77. The van der Waals surface area contributed by atoms with Crippen LogP contribution in [0.5, 0.6) is 5.75 Å². The van der Waals surface area contributed by atoms with E-state index in [0.29, 0.717) is 22.2 Å². The van der Waals surface area contributed by atoms with Gasteiger partial charge >= 0.3 is 5.97 Å². The van der Waals surface area contributed by atoms with E-state index < -0.39 is 12.0 Å². The number of pyridine rings is 1. The van der Waals surface area contributed by atoms with E-state index in [1.807, 2.05) is 30.3 Å². The van der Waals surface area contributed by atoms with Gasteiger partial charge < -0.3 is 14.9 Å². The number of rotatable bonds is 3. The van der Waals surface area contributed by atoms with Crippen molar-refractivity contribution in [1.29, 1.82) is 0 Å². The van der Waals surface area contributed by atoms with Crippen LogP contribution < -0.4 is 15.9 Å². The number of fused-ring (bicyclic) bond motifs is 2. The Kier molecular flexibility index (Phi) is 4.18. The van der Waals surface area contributed by atoms with Crippen LogP contribution in [0.15, 0.2) is 70.1 Å². The number of carbonyl (C=O) groups excluding carboxylic acids is 1. The molecule has 134 valence electrons. The topological polar surface area (TPSA) is 95.4 Å². The van der Waals surface area contributed by atoms with Crippen molar-refractivity contribution < 1.29 is 13.9 Å². The molecule has 4 rings (SSSR count). The Morgan fingerprint density at radius 3 is 2.78 bits per heavy atom. The molecule has 0 aliphatic carbocycles. The lowest BCUT2D eigenvalue weighted by Gasteiger charge is -2.08. The van der Waals surface area contributed by atoms with Crippen LogP contribution in [-0.4, -0.2) is 17.0 Å². The third-order valence-corrected chi connectivity index (χ3v) is 4.21. The van der Waals surface area contributed by atoms with Gasteiger partial charge in [-0.05, 0) is 31.2 Å². The zero-order valence-corrected chi connectivity index (χ0v) is 14.5. The lowest BCUT2D eigenvalue weighted by atomic mass is 10.1. The normalized spacial score (nSPS) is 12.2. The molecule has 4 aromatic rings. The van der Waals surface area contributed by atoms with E-state index in [1.165, 1.54) is 25.3 Å². The molecule has 0 saturated carbocycles. The van der Waals surface area contributed by atoms with E-state index in [9.17, 15) is 9.59 Å². The standard InChI is InChI=1S/C21H16N2O4/c1-12(22)21(25)27-14-7-8-15-19(10-14)26-11-16(20(15)24)18-9-6-13-4-2-3-5-17(13)23-18/h2-12H,22H2,1H3/t12-/m1/s1. The van der Waals surface area contributed by atoms with Gasteiger partial charge in [0.2, 0.25) is 5.43 Å². The minimum absolute atomic E-state index is 0.205. The van der Waals surface area contributed by atoms with E-state index in [1.54, 1.807) is 12.1 Å². The van der Waals surface area contributed by atoms with Crippen LogP contribution in [0.2, 0.25) is 0 Å². The van der Waals surface area contributed by atoms with Crippen LogP contribution in [0.25, 0.3) is 33.1 Å². The summed E-state index contributed by atoms with van der Waals surface area (Å²) >= 11 is 0. The minimum Gasteiger partial charge on any atom is -0.463 e. The number of nitrogens with two attached hydrogens (primary N) is 1. The summed E-state index contributed by atoms with van der Waals surface area (Å²) in [5, 5.41) is 1.37. The van der Waals surface area contributed by atoms with Gasteiger partial charge in [0, 0.05) is 11.5 Å². The van der Waals surface area contributed by atoms with Gasteiger partial charge in [0.1, 0.15) is 23.6 Å². The molecular weight excluding hydrogens is 344 g/mol. The molecular formula is C21H16N2O4. The van der Waals surface area contributed by atoms with Crippen molar-refractivity contribution in [3.8, 4) is 17.0 Å². The molecule has 0 radical (unpaired) electrons. The number of benzene rings is 2. The van der Waals surface area contributed by atoms with E-state index in [2.05, 4.69) is 4.98 Å².